The van der Waals surface area contributed by atoms with Gasteiger partial charge in [0.15, 0.2) is 0 Å². The fraction of sp³-hybridized carbons (Fsp3) is 0.538. The van der Waals surface area contributed by atoms with Crippen molar-refractivity contribution in [3.63, 3.8) is 0 Å². The van der Waals surface area contributed by atoms with Crippen molar-refractivity contribution >= 4 is 33.2 Å². The van der Waals surface area contributed by atoms with Crippen molar-refractivity contribution in [2.45, 2.75) is 32.1 Å². The third-order valence-corrected chi connectivity index (χ3v) is 5.55. The van der Waals surface area contributed by atoms with Crippen molar-refractivity contribution < 1.29 is 8.42 Å². The molecule has 0 aromatic heterocycles. The van der Waals surface area contributed by atoms with Gasteiger partial charge in [-0.25, -0.2) is 13.1 Å². The maximum absolute atomic E-state index is 12.3. The van der Waals surface area contributed by atoms with E-state index in [0.29, 0.717) is 29.1 Å². The van der Waals surface area contributed by atoms with E-state index in [4.69, 9.17) is 23.2 Å². The smallest absolute Gasteiger partial charge is 0.242 e. The van der Waals surface area contributed by atoms with Crippen molar-refractivity contribution in [2.75, 3.05) is 19.6 Å². The molecule has 0 atom stereocenters. The summed E-state index contributed by atoms with van der Waals surface area (Å²) in [6.07, 6.45) is 0.712. The average molecular weight is 339 g/mol. The van der Waals surface area contributed by atoms with Gasteiger partial charge in [0.05, 0.1) is 5.02 Å². The van der Waals surface area contributed by atoms with E-state index < -0.39 is 10.0 Å². The minimum absolute atomic E-state index is 0.0765. The molecule has 1 aromatic rings. The van der Waals surface area contributed by atoms with Crippen LogP contribution in [0.1, 0.15) is 24.5 Å². The van der Waals surface area contributed by atoms with Gasteiger partial charge in [0, 0.05) is 11.6 Å². The molecule has 114 valence electrons. The number of sulfonamides is 1. The van der Waals surface area contributed by atoms with Gasteiger partial charge < -0.3 is 5.32 Å². The van der Waals surface area contributed by atoms with Crippen LogP contribution in [0.5, 0.6) is 0 Å². The Morgan fingerprint density at radius 2 is 1.85 bits per heavy atom. The third kappa shape index (κ3) is 4.33. The van der Waals surface area contributed by atoms with Crippen molar-refractivity contribution in [1.29, 1.82) is 0 Å². The molecule has 2 N–H and O–H groups in total. The Morgan fingerprint density at radius 3 is 2.45 bits per heavy atom. The molecule has 7 heteroatoms. The first-order valence-corrected chi connectivity index (χ1v) is 8.70. The highest BCUT2D eigenvalue weighted by molar-refractivity contribution is 7.89. The van der Waals surface area contributed by atoms with Crippen LogP contribution in [0, 0.1) is 13.8 Å². The van der Waals surface area contributed by atoms with Gasteiger partial charge in [-0.05, 0) is 50.6 Å². The lowest BCUT2D eigenvalue weighted by molar-refractivity contribution is 0.574. The summed E-state index contributed by atoms with van der Waals surface area (Å²) in [4.78, 5) is 0.0765. The highest BCUT2D eigenvalue weighted by atomic mass is 35.5. The van der Waals surface area contributed by atoms with E-state index in [-0.39, 0.29) is 9.92 Å². The summed E-state index contributed by atoms with van der Waals surface area (Å²) in [6.45, 7) is 7.38. The van der Waals surface area contributed by atoms with Crippen molar-refractivity contribution in [1.82, 2.24) is 10.0 Å². The van der Waals surface area contributed by atoms with Gasteiger partial charge in [0.2, 0.25) is 10.0 Å². The zero-order valence-electron chi connectivity index (χ0n) is 11.9. The SMILES string of the molecule is CCNCCCNS(=O)(=O)c1c(C)c(Cl)cc(C)c1Cl. The number of benzene rings is 1. The molecule has 0 radical (unpaired) electrons. The van der Waals surface area contributed by atoms with Crippen LogP contribution < -0.4 is 10.0 Å². The molecule has 0 bridgehead atoms. The van der Waals surface area contributed by atoms with Crippen LogP contribution in [-0.4, -0.2) is 28.1 Å². The van der Waals surface area contributed by atoms with E-state index in [1.165, 1.54) is 0 Å². The predicted molar refractivity (Wildman–Crippen MR) is 84.3 cm³/mol. The highest BCUT2D eigenvalue weighted by Gasteiger charge is 2.23. The van der Waals surface area contributed by atoms with Crippen LogP contribution in [0.15, 0.2) is 11.0 Å². The Hall–Kier alpha value is -0.330. The number of hydrogen-bond donors (Lipinski definition) is 2. The lowest BCUT2D eigenvalue weighted by Crippen LogP contribution is -2.28. The molecule has 0 saturated carbocycles. The van der Waals surface area contributed by atoms with Crippen LogP contribution >= 0.6 is 23.2 Å². The Labute approximate surface area is 130 Å². The second kappa shape index (κ2) is 7.61. The van der Waals surface area contributed by atoms with Crippen LogP contribution in [-0.2, 0) is 10.0 Å². The lowest BCUT2D eigenvalue weighted by Gasteiger charge is -2.14. The monoisotopic (exact) mass is 338 g/mol. The molecule has 0 fully saturated rings. The first-order chi connectivity index (χ1) is 9.31. The van der Waals surface area contributed by atoms with E-state index in [9.17, 15) is 8.42 Å². The molecule has 0 heterocycles. The quantitative estimate of drug-likeness (QED) is 0.751. The molecule has 0 saturated heterocycles. The maximum atomic E-state index is 12.3. The maximum Gasteiger partial charge on any atom is 0.242 e. The molecule has 1 aromatic carbocycles. The normalized spacial score (nSPS) is 11.8. The first kappa shape index (κ1) is 17.7. The van der Waals surface area contributed by atoms with E-state index in [2.05, 4.69) is 10.0 Å². The molecule has 0 spiro atoms. The second-order valence-corrected chi connectivity index (χ2v) is 7.04. The Morgan fingerprint density at radius 1 is 1.20 bits per heavy atom. The molecule has 0 aliphatic carbocycles. The average Bonchev–Trinajstić information content (AvgIpc) is 2.36. The topological polar surface area (TPSA) is 58.2 Å². The molecule has 0 amide bonds. The Kier molecular flexibility index (Phi) is 6.75. The number of rotatable bonds is 7. The van der Waals surface area contributed by atoms with Gasteiger partial charge >= 0.3 is 0 Å². The molecule has 20 heavy (non-hydrogen) atoms. The number of nitrogens with one attached hydrogen (secondary N) is 2. The van der Waals surface area contributed by atoms with Crippen LogP contribution in [0.4, 0.5) is 0 Å². The fourth-order valence-electron chi connectivity index (χ4n) is 1.80. The van der Waals surface area contributed by atoms with Crippen molar-refractivity contribution in [3.8, 4) is 0 Å². The Bertz CT molecular complexity index is 548. The van der Waals surface area contributed by atoms with Crippen LogP contribution in [0.3, 0.4) is 0 Å². The summed E-state index contributed by atoms with van der Waals surface area (Å²) in [7, 11) is -3.65. The Balaban J connectivity index is 2.93. The fourth-order valence-corrected chi connectivity index (χ4v) is 4.08. The zero-order valence-corrected chi connectivity index (χ0v) is 14.2. The minimum Gasteiger partial charge on any atom is -0.317 e. The lowest BCUT2D eigenvalue weighted by atomic mass is 10.2. The molecule has 0 aliphatic heterocycles. The summed E-state index contributed by atoms with van der Waals surface area (Å²) < 4.78 is 27.2. The van der Waals surface area contributed by atoms with E-state index >= 15 is 0 Å². The summed E-state index contributed by atoms with van der Waals surface area (Å²) in [5, 5.41) is 3.76. The standard InChI is InChI=1S/C13H20Cl2N2O2S/c1-4-16-6-5-7-17-20(18,19)13-10(3)11(14)8-9(2)12(13)15/h8,16-17H,4-7H2,1-3H3. The van der Waals surface area contributed by atoms with E-state index in [1.807, 2.05) is 6.92 Å². The highest BCUT2D eigenvalue weighted by Crippen LogP contribution is 2.33. The summed E-state index contributed by atoms with van der Waals surface area (Å²) >= 11 is 12.2. The molecular weight excluding hydrogens is 319 g/mol. The van der Waals surface area contributed by atoms with Gasteiger partial charge in [0.1, 0.15) is 4.90 Å². The largest absolute Gasteiger partial charge is 0.317 e. The van der Waals surface area contributed by atoms with Crippen LogP contribution in [0.25, 0.3) is 0 Å². The van der Waals surface area contributed by atoms with Gasteiger partial charge in [-0.2, -0.15) is 0 Å². The molecular formula is C13H20Cl2N2O2S. The second-order valence-electron chi connectivity index (χ2n) is 4.55. The van der Waals surface area contributed by atoms with Crippen molar-refractivity contribution in [3.05, 3.63) is 27.2 Å². The number of halogens is 2. The number of hydrogen-bond acceptors (Lipinski definition) is 3. The predicted octanol–water partition coefficient (Wildman–Crippen LogP) is 2.89. The van der Waals surface area contributed by atoms with Gasteiger partial charge in [0.25, 0.3) is 0 Å². The summed E-state index contributed by atoms with van der Waals surface area (Å²) in [6, 6.07) is 1.67. The van der Waals surface area contributed by atoms with Crippen LogP contribution in [0.2, 0.25) is 10.0 Å². The summed E-state index contributed by atoms with van der Waals surface area (Å²) in [5.41, 5.74) is 1.12. The van der Waals surface area contributed by atoms with Gasteiger partial charge in [-0.15, -0.1) is 0 Å². The van der Waals surface area contributed by atoms with Gasteiger partial charge in [-0.3, -0.25) is 0 Å². The molecule has 0 unspecified atom stereocenters. The first-order valence-electron chi connectivity index (χ1n) is 6.46. The molecule has 1 rings (SSSR count). The van der Waals surface area contributed by atoms with Gasteiger partial charge in [-0.1, -0.05) is 30.1 Å². The molecule has 0 aliphatic rings. The van der Waals surface area contributed by atoms with E-state index in [0.717, 1.165) is 13.1 Å². The van der Waals surface area contributed by atoms with E-state index in [1.54, 1.807) is 19.9 Å². The third-order valence-electron chi connectivity index (χ3n) is 2.93. The molecule has 4 nitrogen and oxygen atoms in total. The van der Waals surface area contributed by atoms with Crippen molar-refractivity contribution in [2.24, 2.45) is 0 Å². The zero-order chi connectivity index (χ0) is 15.3. The summed E-state index contributed by atoms with van der Waals surface area (Å²) in [5.74, 6) is 0. The minimum atomic E-state index is -3.65. The number of aryl methyl sites for hydroxylation is 1.